The molecule has 9 nitrogen and oxygen atoms in total. The van der Waals surface area contributed by atoms with Crippen molar-refractivity contribution in [1.29, 1.82) is 0 Å². The second-order valence-corrected chi connectivity index (χ2v) is 8.90. The SMILES string of the molecule is C=Nc1nccn1/C=C(\C)C(=O)NCc1ccc(S(=O)(=O)c2ccc(OC)c(OC)c2)cc1. The number of aromatic nitrogens is 2. The number of imidazole rings is 1. The highest BCUT2D eigenvalue weighted by Crippen LogP contribution is 2.31. The van der Waals surface area contributed by atoms with Crippen molar-refractivity contribution >= 4 is 34.6 Å². The smallest absolute Gasteiger partial charge is 0.248 e. The fourth-order valence-electron chi connectivity index (χ4n) is 3.02. The van der Waals surface area contributed by atoms with E-state index in [1.165, 1.54) is 38.5 Å². The summed E-state index contributed by atoms with van der Waals surface area (Å²) in [5, 5.41) is 2.80. The van der Waals surface area contributed by atoms with Crippen molar-refractivity contribution in [2.24, 2.45) is 4.99 Å². The van der Waals surface area contributed by atoms with E-state index in [1.54, 1.807) is 48.3 Å². The molecule has 1 N–H and O–H groups in total. The highest BCUT2D eigenvalue weighted by Gasteiger charge is 2.20. The Kier molecular flexibility index (Phi) is 7.29. The molecule has 0 spiro atoms. The number of methoxy groups -OCH3 is 2. The Morgan fingerprint density at radius 1 is 1.12 bits per heavy atom. The number of nitrogens with zero attached hydrogens (tertiary/aromatic N) is 3. The lowest BCUT2D eigenvalue weighted by Crippen LogP contribution is -2.23. The second-order valence-electron chi connectivity index (χ2n) is 6.95. The summed E-state index contributed by atoms with van der Waals surface area (Å²) in [6, 6.07) is 10.8. The summed E-state index contributed by atoms with van der Waals surface area (Å²) in [5.74, 6) is 0.874. The highest BCUT2D eigenvalue weighted by molar-refractivity contribution is 7.91. The third kappa shape index (κ3) is 5.29. The molecule has 1 heterocycles. The van der Waals surface area contributed by atoms with Crippen LogP contribution in [0.4, 0.5) is 5.95 Å². The van der Waals surface area contributed by atoms with E-state index in [0.717, 1.165) is 5.56 Å². The summed E-state index contributed by atoms with van der Waals surface area (Å²) in [6.07, 6.45) is 4.83. The number of hydrogen-bond donors (Lipinski definition) is 1. The molecular formula is C23H24N4O5S. The number of carbonyl (C=O) groups excluding carboxylic acids is 1. The zero-order chi connectivity index (χ0) is 24.0. The first kappa shape index (κ1) is 23.7. The molecule has 172 valence electrons. The third-order valence-electron chi connectivity index (χ3n) is 4.83. The molecular weight excluding hydrogens is 444 g/mol. The lowest BCUT2D eigenvalue weighted by molar-refractivity contribution is -0.117. The molecule has 0 atom stereocenters. The summed E-state index contributed by atoms with van der Waals surface area (Å²) in [6.45, 7) is 5.34. The summed E-state index contributed by atoms with van der Waals surface area (Å²) in [7, 11) is -0.825. The zero-order valence-electron chi connectivity index (χ0n) is 18.5. The average molecular weight is 469 g/mol. The molecule has 3 rings (SSSR count). The molecule has 1 amide bonds. The van der Waals surface area contributed by atoms with E-state index in [-0.39, 0.29) is 22.2 Å². The minimum absolute atomic E-state index is 0.0925. The van der Waals surface area contributed by atoms with Crippen LogP contribution < -0.4 is 14.8 Å². The third-order valence-corrected chi connectivity index (χ3v) is 6.60. The molecule has 0 bridgehead atoms. The van der Waals surface area contributed by atoms with Crippen LogP contribution in [-0.4, -0.2) is 44.8 Å². The van der Waals surface area contributed by atoms with Gasteiger partial charge in [-0.15, -0.1) is 0 Å². The number of aliphatic imine (C=N–C) groups is 1. The van der Waals surface area contributed by atoms with Crippen LogP contribution in [0.3, 0.4) is 0 Å². The number of benzene rings is 2. The van der Waals surface area contributed by atoms with Crippen LogP contribution >= 0.6 is 0 Å². The molecule has 2 aromatic carbocycles. The first-order valence-corrected chi connectivity index (χ1v) is 11.3. The van der Waals surface area contributed by atoms with Gasteiger partial charge in [0.25, 0.3) is 0 Å². The predicted molar refractivity (Wildman–Crippen MR) is 125 cm³/mol. The van der Waals surface area contributed by atoms with E-state index >= 15 is 0 Å². The van der Waals surface area contributed by atoms with Gasteiger partial charge in [0.05, 0.1) is 24.0 Å². The van der Waals surface area contributed by atoms with Crippen LogP contribution in [0.25, 0.3) is 6.20 Å². The van der Waals surface area contributed by atoms with E-state index in [9.17, 15) is 13.2 Å². The van der Waals surface area contributed by atoms with Gasteiger partial charge in [-0.3, -0.25) is 9.36 Å². The van der Waals surface area contributed by atoms with E-state index in [0.29, 0.717) is 23.0 Å². The Labute approximate surface area is 192 Å². The van der Waals surface area contributed by atoms with Gasteiger partial charge in [0, 0.05) is 36.8 Å². The molecule has 0 fully saturated rings. The quantitative estimate of drug-likeness (QED) is 0.381. The normalized spacial score (nSPS) is 11.7. The Morgan fingerprint density at radius 2 is 1.79 bits per heavy atom. The van der Waals surface area contributed by atoms with E-state index in [1.807, 2.05) is 0 Å². The molecule has 0 radical (unpaired) electrons. The standard InChI is InChI=1S/C23H24N4O5S/c1-16(15-27-12-11-25-23(27)24-2)22(28)26-14-17-5-7-18(8-6-17)33(29,30)19-9-10-20(31-3)21(13-19)32-4/h5-13,15H,2,14H2,1,3-4H3,(H,26,28)/b16-15+. The van der Waals surface area contributed by atoms with Crippen molar-refractivity contribution in [2.75, 3.05) is 14.2 Å². The van der Waals surface area contributed by atoms with Crippen LogP contribution in [0.15, 0.2) is 75.2 Å². The van der Waals surface area contributed by atoms with Gasteiger partial charge >= 0.3 is 0 Å². The number of ether oxygens (including phenoxy) is 2. The van der Waals surface area contributed by atoms with Crippen LogP contribution in [0.2, 0.25) is 0 Å². The van der Waals surface area contributed by atoms with Crippen molar-refractivity contribution in [2.45, 2.75) is 23.3 Å². The minimum Gasteiger partial charge on any atom is -0.493 e. The molecule has 0 aliphatic heterocycles. The van der Waals surface area contributed by atoms with Crippen molar-refractivity contribution in [1.82, 2.24) is 14.9 Å². The number of rotatable bonds is 9. The summed E-state index contributed by atoms with van der Waals surface area (Å²) in [5.41, 5.74) is 1.20. The van der Waals surface area contributed by atoms with Gasteiger partial charge < -0.3 is 14.8 Å². The van der Waals surface area contributed by atoms with Gasteiger partial charge in [-0.2, -0.15) is 0 Å². The van der Waals surface area contributed by atoms with Crippen molar-refractivity contribution < 1.29 is 22.7 Å². The maximum absolute atomic E-state index is 13.0. The molecule has 0 aliphatic carbocycles. The fraction of sp³-hybridized carbons (Fsp3) is 0.174. The van der Waals surface area contributed by atoms with Crippen LogP contribution in [-0.2, 0) is 21.2 Å². The molecule has 0 aliphatic rings. The molecule has 33 heavy (non-hydrogen) atoms. The zero-order valence-corrected chi connectivity index (χ0v) is 19.3. The van der Waals surface area contributed by atoms with Crippen LogP contribution in [0.5, 0.6) is 11.5 Å². The fourth-order valence-corrected chi connectivity index (χ4v) is 4.30. The molecule has 10 heteroatoms. The summed E-state index contributed by atoms with van der Waals surface area (Å²) < 4.78 is 37.9. The largest absolute Gasteiger partial charge is 0.493 e. The molecule has 3 aromatic rings. The molecule has 0 saturated carbocycles. The van der Waals surface area contributed by atoms with Gasteiger partial charge in [-0.1, -0.05) is 12.1 Å². The highest BCUT2D eigenvalue weighted by atomic mass is 32.2. The Hall–Kier alpha value is -3.92. The van der Waals surface area contributed by atoms with Crippen LogP contribution in [0, 0.1) is 0 Å². The maximum atomic E-state index is 13.0. The minimum atomic E-state index is -3.75. The summed E-state index contributed by atoms with van der Waals surface area (Å²) >= 11 is 0. The van der Waals surface area contributed by atoms with E-state index in [2.05, 4.69) is 22.0 Å². The molecule has 0 unspecified atom stereocenters. The Morgan fingerprint density at radius 3 is 2.42 bits per heavy atom. The Bertz CT molecular complexity index is 1290. The number of hydrogen-bond acceptors (Lipinski definition) is 7. The van der Waals surface area contributed by atoms with Crippen molar-refractivity contribution in [3.8, 4) is 11.5 Å². The van der Waals surface area contributed by atoms with Gasteiger partial charge in [0.15, 0.2) is 11.5 Å². The average Bonchev–Trinajstić information content (AvgIpc) is 3.29. The lowest BCUT2D eigenvalue weighted by Gasteiger charge is -2.11. The van der Waals surface area contributed by atoms with E-state index < -0.39 is 9.84 Å². The monoisotopic (exact) mass is 468 g/mol. The van der Waals surface area contributed by atoms with Gasteiger partial charge in [-0.05, 0) is 43.5 Å². The van der Waals surface area contributed by atoms with Crippen molar-refractivity contribution in [3.05, 3.63) is 66.0 Å². The first-order valence-electron chi connectivity index (χ1n) is 9.82. The van der Waals surface area contributed by atoms with Crippen LogP contribution in [0.1, 0.15) is 12.5 Å². The number of sulfone groups is 1. The van der Waals surface area contributed by atoms with Gasteiger partial charge in [-0.25, -0.2) is 18.4 Å². The second kappa shape index (κ2) is 10.1. The topological polar surface area (TPSA) is 112 Å². The number of carbonyl (C=O) groups is 1. The van der Waals surface area contributed by atoms with Gasteiger partial charge in [0.2, 0.25) is 21.7 Å². The maximum Gasteiger partial charge on any atom is 0.248 e. The molecule has 1 aromatic heterocycles. The lowest BCUT2D eigenvalue weighted by atomic mass is 10.2. The number of amides is 1. The Balaban J connectivity index is 1.70. The first-order chi connectivity index (χ1) is 15.8. The van der Waals surface area contributed by atoms with E-state index in [4.69, 9.17) is 9.47 Å². The number of nitrogens with one attached hydrogen (secondary N) is 1. The summed E-state index contributed by atoms with van der Waals surface area (Å²) in [4.78, 5) is 20.4. The van der Waals surface area contributed by atoms with Gasteiger partial charge in [0.1, 0.15) is 0 Å². The predicted octanol–water partition coefficient (Wildman–Crippen LogP) is 3.24. The molecule has 0 saturated heterocycles. The van der Waals surface area contributed by atoms with Crippen molar-refractivity contribution in [3.63, 3.8) is 0 Å².